The van der Waals surface area contributed by atoms with Crippen molar-refractivity contribution in [3.8, 4) is 5.75 Å². The standard InChI is InChI=1S/C10H12BrClO/c11-9-5-1-2-6-10(9)13-8-4-3-7-12/h1-2,5-6H,3-4,7-8H2. The van der Waals surface area contributed by atoms with Crippen LogP contribution in [0.2, 0.25) is 0 Å². The minimum absolute atomic E-state index is 0.708. The summed E-state index contributed by atoms with van der Waals surface area (Å²) in [6, 6.07) is 7.85. The number of para-hydroxylation sites is 1. The van der Waals surface area contributed by atoms with Gasteiger partial charge in [-0.2, -0.15) is 0 Å². The van der Waals surface area contributed by atoms with E-state index >= 15 is 0 Å². The molecule has 0 aromatic heterocycles. The molecular formula is C10H12BrClO. The highest BCUT2D eigenvalue weighted by atomic mass is 79.9. The van der Waals surface area contributed by atoms with Crippen molar-refractivity contribution in [2.45, 2.75) is 12.8 Å². The summed E-state index contributed by atoms with van der Waals surface area (Å²) >= 11 is 8.96. The van der Waals surface area contributed by atoms with E-state index in [2.05, 4.69) is 15.9 Å². The Kier molecular flexibility index (Phi) is 5.25. The zero-order chi connectivity index (χ0) is 9.52. The molecule has 0 aliphatic rings. The molecule has 72 valence electrons. The average molecular weight is 264 g/mol. The van der Waals surface area contributed by atoms with Crippen LogP contribution in [-0.4, -0.2) is 12.5 Å². The molecular weight excluding hydrogens is 251 g/mol. The van der Waals surface area contributed by atoms with Crippen molar-refractivity contribution in [2.75, 3.05) is 12.5 Å². The number of hydrogen-bond donors (Lipinski definition) is 0. The van der Waals surface area contributed by atoms with E-state index in [1.807, 2.05) is 24.3 Å². The van der Waals surface area contributed by atoms with E-state index in [1.54, 1.807) is 0 Å². The normalized spacial score (nSPS) is 10.0. The minimum atomic E-state index is 0.708. The number of rotatable bonds is 5. The SMILES string of the molecule is ClCCCCOc1ccccc1Br. The third kappa shape index (κ3) is 4.01. The van der Waals surface area contributed by atoms with Crippen LogP contribution in [-0.2, 0) is 0 Å². The lowest BCUT2D eigenvalue weighted by atomic mass is 10.3. The molecule has 0 N–H and O–H groups in total. The van der Waals surface area contributed by atoms with Gasteiger partial charge in [-0.3, -0.25) is 0 Å². The molecule has 0 bridgehead atoms. The molecule has 0 aliphatic carbocycles. The average Bonchev–Trinajstić information content (AvgIpc) is 2.15. The van der Waals surface area contributed by atoms with Crippen LogP contribution in [0.25, 0.3) is 0 Å². The summed E-state index contributed by atoms with van der Waals surface area (Å²) in [6.07, 6.45) is 2.01. The van der Waals surface area contributed by atoms with E-state index in [0.29, 0.717) is 5.88 Å². The Hall–Kier alpha value is -0.210. The van der Waals surface area contributed by atoms with Gasteiger partial charge in [0.05, 0.1) is 11.1 Å². The summed E-state index contributed by atoms with van der Waals surface area (Å²) in [5.74, 6) is 1.61. The monoisotopic (exact) mass is 262 g/mol. The number of unbranched alkanes of at least 4 members (excludes halogenated alkanes) is 1. The summed E-state index contributed by atoms with van der Waals surface area (Å²) in [4.78, 5) is 0. The van der Waals surface area contributed by atoms with Crippen molar-refractivity contribution < 1.29 is 4.74 Å². The second kappa shape index (κ2) is 6.28. The van der Waals surface area contributed by atoms with Crippen LogP contribution >= 0.6 is 27.5 Å². The number of benzene rings is 1. The molecule has 0 spiro atoms. The van der Waals surface area contributed by atoms with Gasteiger partial charge in [0.2, 0.25) is 0 Å². The van der Waals surface area contributed by atoms with Gasteiger partial charge in [-0.1, -0.05) is 12.1 Å². The maximum absolute atomic E-state index is 5.55. The molecule has 0 saturated carbocycles. The van der Waals surface area contributed by atoms with Crippen LogP contribution < -0.4 is 4.74 Å². The largest absolute Gasteiger partial charge is 0.492 e. The lowest BCUT2D eigenvalue weighted by Crippen LogP contribution is -1.97. The van der Waals surface area contributed by atoms with Gasteiger partial charge < -0.3 is 4.74 Å². The third-order valence-corrected chi connectivity index (χ3v) is 2.54. The highest BCUT2D eigenvalue weighted by Gasteiger charge is 1.97. The van der Waals surface area contributed by atoms with Gasteiger partial charge in [0, 0.05) is 5.88 Å². The lowest BCUT2D eigenvalue weighted by molar-refractivity contribution is 0.308. The Balaban J connectivity index is 2.32. The first-order valence-corrected chi connectivity index (χ1v) is 5.60. The predicted octanol–water partition coefficient (Wildman–Crippen LogP) is 3.85. The Morgan fingerprint density at radius 1 is 1.23 bits per heavy atom. The Bertz CT molecular complexity index is 252. The van der Waals surface area contributed by atoms with Crippen LogP contribution in [0.5, 0.6) is 5.75 Å². The second-order valence-corrected chi connectivity index (χ2v) is 3.91. The zero-order valence-electron chi connectivity index (χ0n) is 7.30. The number of alkyl halides is 1. The lowest BCUT2D eigenvalue weighted by Gasteiger charge is -2.06. The quantitative estimate of drug-likeness (QED) is 0.579. The van der Waals surface area contributed by atoms with Gasteiger partial charge in [0.1, 0.15) is 5.75 Å². The highest BCUT2D eigenvalue weighted by molar-refractivity contribution is 9.10. The van der Waals surface area contributed by atoms with Gasteiger partial charge in [-0.25, -0.2) is 0 Å². The van der Waals surface area contributed by atoms with E-state index in [1.165, 1.54) is 0 Å². The van der Waals surface area contributed by atoms with E-state index in [0.717, 1.165) is 29.7 Å². The smallest absolute Gasteiger partial charge is 0.133 e. The summed E-state index contributed by atoms with van der Waals surface area (Å²) in [5, 5.41) is 0. The molecule has 0 atom stereocenters. The van der Waals surface area contributed by atoms with Gasteiger partial charge in [-0.05, 0) is 40.9 Å². The van der Waals surface area contributed by atoms with Crippen molar-refractivity contribution in [3.05, 3.63) is 28.7 Å². The minimum Gasteiger partial charge on any atom is -0.492 e. The molecule has 3 heteroatoms. The molecule has 0 fully saturated rings. The summed E-state index contributed by atoms with van der Waals surface area (Å²) in [5.41, 5.74) is 0. The molecule has 1 aromatic rings. The van der Waals surface area contributed by atoms with Crippen molar-refractivity contribution in [2.24, 2.45) is 0 Å². The van der Waals surface area contributed by atoms with Crippen molar-refractivity contribution >= 4 is 27.5 Å². The summed E-state index contributed by atoms with van der Waals surface area (Å²) < 4.78 is 6.53. The van der Waals surface area contributed by atoms with Gasteiger partial charge in [0.15, 0.2) is 0 Å². The third-order valence-electron chi connectivity index (χ3n) is 1.62. The molecule has 0 unspecified atom stereocenters. The molecule has 0 amide bonds. The first-order chi connectivity index (χ1) is 6.34. The van der Waals surface area contributed by atoms with E-state index in [-0.39, 0.29) is 0 Å². The first-order valence-electron chi connectivity index (χ1n) is 4.28. The van der Waals surface area contributed by atoms with Crippen LogP contribution in [0.3, 0.4) is 0 Å². The fraction of sp³-hybridized carbons (Fsp3) is 0.400. The maximum Gasteiger partial charge on any atom is 0.133 e. The fourth-order valence-corrected chi connectivity index (χ4v) is 1.53. The molecule has 1 nitrogen and oxygen atoms in total. The predicted molar refractivity (Wildman–Crippen MR) is 59.6 cm³/mol. The molecule has 0 aliphatic heterocycles. The zero-order valence-corrected chi connectivity index (χ0v) is 9.64. The Labute approximate surface area is 92.2 Å². The fourth-order valence-electron chi connectivity index (χ4n) is 0.940. The van der Waals surface area contributed by atoms with E-state index in [4.69, 9.17) is 16.3 Å². The van der Waals surface area contributed by atoms with Gasteiger partial charge >= 0.3 is 0 Å². The summed E-state index contributed by atoms with van der Waals surface area (Å²) in [6.45, 7) is 0.731. The van der Waals surface area contributed by atoms with Crippen LogP contribution in [0.1, 0.15) is 12.8 Å². The van der Waals surface area contributed by atoms with E-state index < -0.39 is 0 Å². The molecule has 0 radical (unpaired) electrons. The van der Waals surface area contributed by atoms with Crippen molar-refractivity contribution in [3.63, 3.8) is 0 Å². The molecule has 0 heterocycles. The maximum atomic E-state index is 5.55. The first kappa shape index (κ1) is 10.9. The van der Waals surface area contributed by atoms with Gasteiger partial charge in [0.25, 0.3) is 0 Å². The van der Waals surface area contributed by atoms with Gasteiger partial charge in [-0.15, -0.1) is 11.6 Å². The second-order valence-electron chi connectivity index (χ2n) is 2.67. The highest BCUT2D eigenvalue weighted by Crippen LogP contribution is 2.23. The van der Waals surface area contributed by atoms with Crippen molar-refractivity contribution in [1.82, 2.24) is 0 Å². The molecule has 13 heavy (non-hydrogen) atoms. The van der Waals surface area contributed by atoms with Crippen LogP contribution in [0.4, 0.5) is 0 Å². The Morgan fingerprint density at radius 3 is 2.69 bits per heavy atom. The Morgan fingerprint density at radius 2 is 2.00 bits per heavy atom. The van der Waals surface area contributed by atoms with Crippen molar-refractivity contribution in [1.29, 1.82) is 0 Å². The molecule has 1 rings (SSSR count). The molecule has 0 saturated heterocycles. The molecule has 1 aromatic carbocycles. The number of halogens is 2. The van der Waals surface area contributed by atoms with E-state index in [9.17, 15) is 0 Å². The van der Waals surface area contributed by atoms with Crippen LogP contribution in [0.15, 0.2) is 28.7 Å². The topological polar surface area (TPSA) is 9.23 Å². The summed E-state index contributed by atoms with van der Waals surface area (Å²) in [7, 11) is 0. The number of hydrogen-bond acceptors (Lipinski definition) is 1. The number of ether oxygens (including phenoxy) is 1. The van der Waals surface area contributed by atoms with Crippen LogP contribution in [0, 0.1) is 0 Å².